The van der Waals surface area contributed by atoms with Gasteiger partial charge in [0.25, 0.3) is 5.91 Å². The second kappa shape index (κ2) is 5.23. The molecule has 1 aromatic carbocycles. The maximum Gasteiger partial charge on any atom is 0.270 e. The van der Waals surface area contributed by atoms with Crippen LogP contribution in [0.25, 0.3) is 0 Å². The monoisotopic (exact) mass is 288 g/mol. The molecule has 102 valence electrons. The number of fused-ring (bicyclic) bond motifs is 1. The summed E-state index contributed by atoms with van der Waals surface area (Å²) in [5.41, 5.74) is 2.31. The van der Waals surface area contributed by atoms with Crippen molar-refractivity contribution in [2.45, 2.75) is 18.6 Å². The molecule has 1 aliphatic rings. The van der Waals surface area contributed by atoms with E-state index in [-0.39, 0.29) is 11.6 Å². The fourth-order valence-corrected chi connectivity index (χ4v) is 2.58. The highest BCUT2D eigenvalue weighted by Gasteiger charge is 2.32. The van der Waals surface area contributed by atoms with Crippen molar-refractivity contribution < 1.29 is 9.90 Å². The van der Waals surface area contributed by atoms with Gasteiger partial charge in [-0.15, -0.1) is 0 Å². The van der Waals surface area contributed by atoms with E-state index in [9.17, 15) is 9.90 Å². The number of amides is 1. The van der Waals surface area contributed by atoms with E-state index in [1.807, 2.05) is 24.3 Å². The van der Waals surface area contributed by atoms with Crippen molar-refractivity contribution in [3.8, 4) is 0 Å². The maximum absolute atomic E-state index is 12.1. The van der Waals surface area contributed by atoms with Gasteiger partial charge in [-0.1, -0.05) is 35.9 Å². The van der Waals surface area contributed by atoms with Crippen molar-refractivity contribution in [2.24, 2.45) is 0 Å². The van der Waals surface area contributed by atoms with Crippen molar-refractivity contribution in [2.75, 3.05) is 0 Å². The number of pyridine rings is 1. The number of nitrogens with zero attached hydrogens (tertiary/aromatic N) is 1. The van der Waals surface area contributed by atoms with E-state index in [2.05, 4.69) is 10.3 Å². The lowest BCUT2D eigenvalue weighted by molar-refractivity contribution is 0.0853. The van der Waals surface area contributed by atoms with E-state index in [0.717, 1.165) is 11.1 Å². The first-order valence-corrected chi connectivity index (χ1v) is 6.71. The smallest absolute Gasteiger partial charge is 0.270 e. The average Bonchev–Trinajstić information content (AvgIpc) is 2.76. The molecule has 0 radical (unpaired) electrons. The molecule has 3 rings (SSSR count). The van der Waals surface area contributed by atoms with Crippen LogP contribution in [0.4, 0.5) is 0 Å². The SMILES string of the molecule is O=C(N[C@H]1c2ccccc2C[C@H]1O)c1ccc(Cl)cn1. The molecule has 4 nitrogen and oxygen atoms in total. The van der Waals surface area contributed by atoms with Crippen LogP contribution in [0.2, 0.25) is 5.02 Å². The number of rotatable bonds is 2. The third kappa shape index (κ3) is 2.40. The molecular weight excluding hydrogens is 276 g/mol. The molecule has 1 aromatic heterocycles. The molecule has 0 unspecified atom stereocenters. The second-order valence-corrected chi connectivity index (χ2v) is 5.22. The fourth-order valence-electron chi connectivity index (χ4n) is 2.47. The Morgan fingerprint density at radius 1 is 1.30 bits per heavy atom. The Kier molecular flexibility index (Phi) is 3.42. The zero-order valence-electron chi connectivity index (χ0n) is 10.6. The lowest BCUT2D eigenvalue weighted by atomic mass is 10.1. The summed E-state index contributed by atoms with van der Waals surface area (Å²) >= 11 is 5.74. The van der Waals surface area contributed by atoms with E-state index < -0.39 is 12.1 Å². The molecule has 0 fully saturated rings. The Hall–Kier alpha value is -1.91. The van der Waals surface area contributed by atoms with Gasteiger partial charge in [0.2, 0.25) is 0 Å². The van der Waals surface area contributed by atoms with E-state index in [1.165, 1.54) is 6.20 Å². The van der Waals surface area contributed by atoms with Crippen LogP contribution in [-0.2, 0) is 6.42 Å². The minimum absolute atomic E-state index is 0.283. The number of halogens is 1. The van der Waals surface area contributed by atoms with Crippen molar-refractivity contribution in [1.82, 2.24) is 10.3 Å². The molecule has 5 heteroatoms. The lowest BCUT2D eigenvalue weighted by Crippen LogP contribution is -2.34. The molecule has 0 saturated carbocycles. The molecule has 1 amide bonds. The van der Waals surface area contributed by atoms with Crippen LogP contribution < -0.4 is 5.32 Å². The highest BCUT2D eigenvalue weighted by atomic mass is 35.5. The van der Waals surface area contributed by atoms with Crippen LogP contribution in [0, 0.1) is 0 Å². The van der Waals surface area contributed by atoms with Gasteiger partial charge in [-0.3, -0.25) is 4.79 Å². The van der Waals surface area contributed by atoms with Crippen molar-refractivity contribution in [3.63, 3.8) is 0 Å². The molecule has 0 saturated heterocycles. The fraction of sp³-hybridized carbons (Fsp3) is 0.200. The zero-order chi connectivity index (χ0) is 14.1. The van der Waals surface area contributed by atoms with Gasteiger partial charge < -0.3 is 10.4 Å². The molecule has 20 heavy (non-hydrogen) atoms. The lowest BCUT2D eigenvalue weighted by Gasteiger charge is -2.17. The highest BCUT2D eigenvalue weighted by Crippen LogP contribution is 2.31. The van der Waals surface area contributed by atoms with Crippen molar-refractivity contribution in [3.05, 3.63) is 64.4 Å². The van der Waals surface area contributed by atoms with Gasteiger partial charge in [0, 0.05) is 12.6 Å². The van der Waals surface area contributed by atoms with Gasteiger partial charge in [-0.05, 0) is 23.3 Å². The molecule has 0 bridgehead atoms. The minimum Gasteiger partial charge on any atom is -0.390 e. The summed E-state index contributed by atoms with van der Waals surface area (Å²) in [6.45, 7) is 0. The van der Waals surface area contributed by atoms with Crippen LogP contribution in [0.3, 0.4) is 0 Å². The largest absolute Gasteiger partial charge is 0.390 e. The summed E-state index contributed by atoms with van der Waals surface area (Å²) in [5.74, 6) is -0.317. The molecule has 0 spiro atoms. The number of nitrogens with one attached hydrogen (secondary N) is 1. The van der Waals surface area contributed by atoms with E-state index in [4.69, 9.17) is 11.6 Å². The quantitative estimate of drug-likeness (QED) is 0.890. The number of benzene rings is 1. The van der Waals surface area contributed by atoms with Gasteiger partial charge in [0.05, 0.1) is 17.2 Å². The molecule has 2 atom stereocenters. The maximum atomic E-state index is 12.1. The van der Waals surface area contributed by atoms with E-state index >= 15 is 0 Å². The van der Waals surface area contributed by atoms with Crippen LogP contribution in [-0.4, -0.2) is 22.1 Å². The first kappa shape index (κ1) is 13.1. The summed E-state index contributed by atoms with van der Waals surface area (Å²) < 4.78 is 0. The molecular formula is C15H13ClN2O2. The van der Waals surface area contributed by atoms with E-state index in [1.54, 1.807) is 12.1 Å². The zero-order valence-corrected chi connectivity index (χ0v) is 11.3. The summed E-state index contributed by atoms with van der Waals surface area (Å²) in [4.78, 5) is 16.1. The average molecular weight is 289 g/mol. The van der Waals surface area contributed by atoms with Gasteiger partial charge >= 0.3 is 0 Å². The predicted octanol–water partition coefficient (Wildman–Crippen LogP) is 2.12. The van der Waals surface area contributed by atoms with Crippen LogP contribution >= 0.6 is 11.6 Å². The molecule has 2 N–H and O–H groups in total. The van der Waals surface area contributed by atoms with Gasteiger partial charge in [-0.25, -0.2) is 4.98 Å². The van der Waals surface area contributed by atoms with Gasteiger partial charge in [-0.2, -0.15) is 0 Å². The summed E-state index contributed by atoms with van der Waals surface area (Å²) in [5, 5.41) is 13.4. The molecule has 1 aliphatic carbocycles. The number of carbonyl (C=O) groups is 1. The van der Waals surface area contributed by atoms with Crippen LogP contribution in [0.1, 0.15) is 27.7 Å². The van der Waals surface area contributed by atoms with Crippen molar-refractivity contribution >= 4 is 17.5 Å². The Bertz CT molecular complexity index is 643. The Balaban J connectivity index is 1.81. The predicted molar refractivity (Wildman–Crippen MR) is 75.6 cm³/mol. The topological polar surface area (TPSA) is 62.2 Å². The Morgan fingerprint density at radius 3 is 2.85 bits per heavy atom. The van der Waals surface area contributed by atoms with Gasteiger partial charge in [0.15, 0.2) is 0 Å². The molecule has 1 heterocycles. The summed E-state index contributed by atoms with van der Waals surface area (Å²) in [6.07, 6.45) is 1.37. The molecule has 2 aromatic rings. The standard InChI is InChI=1S/C15H13ClN2O2/c16-10-5-6-12(17-8-10)15(20)18-14-11-4-2-1-3-9(11)7-13(14)19/h1-6,8,13-14,19H,7H2,(H,18,20)/t13-,14+/m1/s1. The number of carbonyl (C=O) groups excluding carboxylic acids is 1. The second-order valence-electron chi connectivity index (χ2n) is 4.78. The van der Waals surface area contributed by atoms with Crippen molar-refractivity contribution in [1.29, 1.82) is 0 Å². The number of hydrogen-bond acceptors (Lipinski definition) is 3. The van der Waals surface area contributed by atoms with E-state index in [0.29, 0.717) is 11.4 Å². The summed E-state index contributed by atoms with van der Waals surface area (Å²) in [6, 6.07) is 10.5. The third-order valence-corrected chi connectivity index (χ3v) is 3.67. The Morgan fingerprint density at radius 2 is 2.10 bits per heavy atom. The summed E-state index contributed by atoms with van der Waals surface area (Å²) in [7, 11) is 0. The highest BCUT2D eigenvalue weighted by molar-refractivity contribution is 6.30. The number of aliphatic hydroxyl groups is 1. The third-order valence-electron chi connectivity index (χ3n) is 3.45. The molecule has 0 aliphatic heterocycles. The van der Waals surface area contributed by atoms with Crippen LogP contribution in [0.5, 0.6) is 0 Å². The Labute approximate surface area is 121 Å². The number of aromatic nitrogens is 1. The normalized spacial score (nSPS) is 20.5. The van der Waals surface area contributed by atoms with Crippen LogP contribution in [0.15, 0.2) is 42.6 Å². The number of aliphatic hydroxyl groups excluding tert-OH is 1. The van der Waals surface area contributed by atoms with Gasteiger partial charge in [0.1, 0.15) is 5.69 Å². The first-order chi connectivity index (χ1) is 9.65. The number of hydrogen-bond donors (Lipinski definition) is 2. The minimum atomic E-state index is -0.608. The first-order valence-electron chi connectivity index (χ1n) is 6.33.